The van der Waals surface area contributed by atoms with Crippen molar-refractivity contribution in [1.29, 1.82) is 0 Å². The van der Waals surface area contributed by atoms with Crippen LogP contribution >= 0.6 is 0 Å². The van der Waals surface area contributed by atoms with Crippen LogP contribution in [0.3, 0.4) is 0 Å². The first kappa shape index (κ1) is 52.5. The molecule has 3 atom stereocenters. The number of pyridine rings is 3. The van der Waals surface area contributed by atoms with E-state index in [0.29, 0.717) is 36.9 Å². The Kier molecular flexibility index (Phi) is 16.2. The largest absolute Gasteiger partial charge is 0.264 e. The molecule has 0 aliphatic heterocycles. The molecule has 3 aliphatic rings. The fourth-order valence-corrected chi connectivity index (χ4v) is 11.5. The van der Waals surface area contributed by atoms with Crippen LogP contribution in [0.4, 0.5) is 8.78 Å². The molecule has 0 spiro atoms. The van der Waals surface area contributed by atoms with Crippen LogP contribution in [0.5, 0.6) is 0 Å². The Morgan fingerprint density at radius 2 is 0.843 bits per heavy atom. The van der Waals surface area contributed by atoms with Gasteiger partial charge < -0.3 is 0 Å². The number of hydrogen-bond acceptors (Lipinski definition) is 9. The van der Waals surface area contributed by atoms with Crippen molar-refractivity contribution in [3.05, 3.63) is 160 Å². The lowest BCUT2D eigenvalue weighted by Gasteiger charge is -2.14. The number of aryl methyl sites for hydroxylation is 2. The zero-order valence-corrected chi connectivity index (χ0v) is 43.2. The quantitative estimate of drug-likeness (QED) is 0.101. The first-order valence-electron chi connectivity index (χ1n) is 23.5. The second-order valence-electron chi connectivity index (χ2n) is 19.3. The third kappa shape index (κ3) is 13.0. The Bertz CT molecular complexity index is 3080. The van der Waals surface area contributed by atoms with Gasteiger partial charge in [0, 0.05) is 59.1 Å². The Morgan fingerprint density at radius 3 is 1.24 bits per heavy atom. The van der Waals surface area contributed by atoms with Crippen LogP contribution in [0, 0.1) is 25.6 Å². The van der Waals surface area contributed by atoms with E-state index in [0.717, 1.165) is 68.5 Å². The number of aromatic nitrogens is 3. The third-order valence-corrected chi connectivity index (χ3v) is 18.5. The lowest BCUT2D eigenvalue weighted by atomic mass is 10.0. The smallest absolute Gasteiger partial charge is 0.220 e. The summed E-state index contributed by atoms with van der Waals surface area (Å²) < 4.78 is 108. The van der Waals surface area contributed by atoms with Gasteiger partial charge in [0.1, 0.15) is 5.82 Å². The number of halogens is 2. The average Bonchev–Trinajstić information content (AvgIpc) is 4.00. The van der Waals surface area contributed by atoms with Crippen molar-refractivity contribution in [3.63, 3.8) is 0 Å². The van der Waals surface area contributed by atoms with Crippen molar-refractivity contribution >= 4 is 30.1 Å². The van der Waals surface area contributed by atoms with Crippen molar-refractivity contribution in [2.24, 2.45) is 0 Å². The highest BCUT2D eigenvalue weighted by Gasteiger charge is 2.30. The minimum Gasteiger partial charge on any atom is -0.264 e. The maximum absolute atomic E-state index is 14.1. The summed E-state index contributed by atoms with van der Waals surface area (Å²) in [5.41, 5.74) is 13.7. The number of fused-ring (bicyclic) bond motifs is 3. The number of rotatable bonds is 12. The van der Waals surface area contributed by atoms with Crippen molar-refractivity contribution in [3.8, 4) is 33.4 Å². The lowest BCUT2D eigenvalue weighted by molar-refractivity contribution is 0.546. The highest BCUT2D eigenvalue weighted by molar-refractivity contribution is 7.90. The second-order valence-corrected chi connectivity index (χ2v) is 26.1. The van der Waals surface area contributed by atoms with E-state index in [1.807, 2.05) is 55.7 Å². The first-order chi connectivity index (χ1) is 33.0. The average molecular weight is 1010 g/mol. The van der Waals surface area contributed by atoms with Gasteiger partial charge in [-0.25, -0.2) is 48.8 Å². The molecule has 70 heavy (non-hydrogen) atoms. The molecule has 3 aromatic carbocycles. The molecule has 3 aliphatic carbocycles. The standard InChI is InChI=1S/C18H21FN2O2S.C18H22N2O2S.C17H19FN2O2S/c1-11(2)24(22,23)21-16-9-13-5-6-14(8-15(13)10-16)17-7-4-12(3)20-18(17)19;1-12(2)23(21,22)20-18-8-15-5-4-14(7-16(15)9-18)17-6-13(3)10-19-11-17;1-11(2)23(21,22)20-17-7-13-4-3-12(5-14(13)8-17)15-6-16(18)10-19-9-15/h4-8,11,16,21H,9-10H2,1-3H3;4-7,10-12,18,20H,8-9H2,1-3H3;3-6,9-11,17,20H,7-8H2,1-2H3/t16-;18-;17-/m000/s1. The van der Waals surface area contributed by atoms with Gasteiger partial charge in [0.25, 0.3) is 0 Å². The zero-order chi connectivity index (χ0) is 50.7. The van der Waals surface area contributed by atoms with Gasteiger partial charge in [-0.2, -0.15) is 4.39 Å². The van der Waals surface area contributed by atoms with Gasteiger partial charge in [-0.05, 0) is 174 Å². The summed E-state index contributed by atoms with van der Waals surface area (Å²) in [7, 11) is -9.80. The van der Waals surface area contributed by atoms with E-state index >= 15 is 0 Å². The molecule has 9 rings (SSSR count). The zero-order valence-electron chi connectivity index (χ0n) is 40.8. The van der Waals surface area contributed by atoms with Crippen LogP contribution in [-0.4, -0.2) is 74.1 Å². The molecule has 6 aromatic rings. The maximum Gasteiger partial charge on any atom is 0.220 e. The fourth-order valence-electron chi connectivity index (χ4n) is 8.76. The molecule has 17 heteroatoms. The Morgan fingerprint density at radius 1 is 0.457 bits per heavy atom. The molecule has 12 nitrogen and oxygen atoms in total. The monoisotopic (exact) mass is 1010 g/mol. The molecule has 3 aromatic heterocycles. The van der Waals surface area contributed by atoms with E-state index in [4.69, 9.17) is 0 Å². The summed E-state index contributed by atoms with van der Waals surface area (Å²) in [6.07, 6.45) is 10.6. The van der Waals surface area contributed by atoms with Gasteiger partial charge in [0.15, 0.2) is 0 Å². The normalized spacial score (nSPS) is 17.4. The van der Waals surface area contributed by atoms with E-state index in [1.165, 1.54) is 23.4 Å². The Balaban J connectivity index is 0.000000155. The van der Waals surface area contributed by atoms with E-state index < -0.39 is 51.8 Å². The summed E-state index contributed by atoms with van der Waals surface area (Å²) in [4.78, 5) is 12.0. The van der Waals surface area contributed by atoms with Crippen LogP contribution in [0.25, 0.3) is 33.4 Å². The van der Waals surface area contributed by atoms with Crippen LogP contribution in [0.15, 0.2) is 104 Å². The molecule has 0 fully saturated rings. The topological polar surface area (TPSA) is 177 Å². The molecule has 0 unspecified atom stereocenters. The third-order valence-electron chi connectivity index (χ3n) is 12.8. The predicted molar refractivity (Wildman–Crippen MR) is 274 cm³/mol. The summed E-state index contributed by atoms with van der Waals surface area (Å²) >= 11 is 0. The van der Waals surface area contributed by atoms with Gasteiger partial charge in [-0.15, -0.1) is 0 Å². The number of nitrogens with one attached hydrogen (secondary N) is 3. The van der Waals surface area contributed by atoms with Crippen LogP contribution < -0.4 is 14.2 Å². The van der Waals surface area contributed by atoms with Crippen molar-refractivity contribution < 1.29 is 34.0 Å². The molecule has 0 radical (unpaired) electrons. The van der Waals surface area contributed by atoms with Crippen LogP contribution in [0.2, 0.25) is 0 Å². The highest BCUT2D eigenvalue weighted by Crippen LogP contribution is 2.32. The summed E-state index contributed by atoms with van der Waals surface area (Å²) in [5.74, 6) is -0.851. The van der Waals surface area contributed by atoms with Crippen LogP contribution in [-0.2, 0) is 68.6 Å². The fraction of sp³-hybridized carbons (Fsp3) is 0.377. The Labute approximate surface area is 412 Å². The minimum atomic E-state index is -3.29. The van der Waals surface area contributed by atoms with Crippen molar-refractivity contribution in [2.45, 2.75) is 128 Å². The molecular formula is C53H62F2N6O6S3. The molecule has 3 N–H and O–H groups in total. The van der Waals surface area contributed by atoms with E-state index in [1.54, 1.807) is 66.8 Å². The molecule has 0 amide bonds. The molecule has 0 saturated heterocycles. The van der Waals surface area contributed by atoms with Gasteiger partial charge >= 0.3 is 0 Å². The molecular weight excluding hydrogens is 951 g/mol. The predicted octanol–water partition coefficient (Wildman–Crippen LogP) is 8.53. The molecule has 372 valence electrons. The van der Waals surface area contributed by atoms with Crippen molar-refractivity contribution in [1.82, 2.24) is 29.1 Å². The Hall–Kier alpha value is -5.30. The molecule has 0 bridgehead atoms. The number of hydrogen-bond donors (Lipinski definition) is 3. The SMILES string of the molecule is CC(C)S(=O)(=O)N[C@H]1Cc2ccc(-c3cncc(F)c3)cc2C1.Cc1ccc(-c2ccc3c(c2)C[C@@H](NS(=O)(=O)C(C)C)C3)c(F)n1.Cc1cncc(-c2ccc3c(c2)C[C@@H](NS(=O)(=O)C(C)C)C3)c1. The summed E-state index contributed by atoms with van der Waals surface area (Å²) in [5, 5.41) is -1.30. The van der Waals surface area contributed by atoms with Gasteiger partial charge in [-0.1, -0.05) is 54.6 Å². The van der Waals surface area contributed by atoms with Gasteiger partial charge in [-0.3, -0.25) is 9.97 Å². The number of sulfonamides is 3. The maximum atomic E-state index is 14.1. The highest BCUT2D eigenvalue weighted by atomic mass is 32.2. The molecule has 3 heterocycles. The lowest BCUT2D eigenvalue weighted by Crippen LogP contribution is -2.39. The molecule has 0 saturated carbocycles. The van der Waals surface area contributed by atoms with Gasteiger partial charge in [0.2, 0.25) is 36.0 Å². The van der Waals surface area contributed by atoms with Gasteiger partial charge in [0.05, 0.1) is 21.9 Å². The number of nitrogens with zero attached hydrogens (tertiary/aromatic N) is 3. The van der Waals surface area contributed by atoms with E-state index in [9.17, 15) is 34.0 Å². The summed E-state index contributed by atoms with van der Waals surface area (Å²) in [6.45, 7) is 13.8. The minimum absolute atomic E-state index is 0.0386. The van der Waals surface area contributed by atoms with E-state index in [-0.39, 0.29) is 23.9 Å². The number of benzene rings is 3. The second kappa shape index (κ2) is 21.6. The summed E-state index contributed by atoms with van der Waals surface area (Å²) in [6, 6.07) is 24.8. The van der Waals surface area contributed by atoms with Crippen molar-refractivity contribution in [2.75, 3.05) is 0 Å². The first-order valence-corrected chi connectivity index (χ1v) is 28.2. The van der Waals surface area contributed by atoms with Crippen LogP contribution in [0.1, 0.15) is 86.2 Å². The van der Waals surface area contributed by atoms with E-state index in [2.05, 4.69) is 53.4 Å².